The van der Waals surface area contributed by atoms with Crippen molar-refractivity contribution in [3.63, 3.8) is 0 Å². The molecule has 6 nitrogen and oxygen atoms in total. The summed E-state index contributed by atoms with van der Waals surface area (Å²) in [5, 5.41) is 14.2. The Morgan fingerprint density at radius 1 is 1.12 bits per heavy atom. The molecule has 2 aromatic carbocycles. The van der Waals surface area contributed by atoms with E-state index in [9.17, 15) is 31.5 Å². The zero-order valence-electron chi connectivity index (χ0n) is 13.5. The third-order valence-electron chi connectivity index (χ3n) is 3.40. The average Bonchev–Trinajstić information content (AvgIpc) is 2.56. The van der Waals surface area contributed by atoms with Crippen molar-refractivity contribution in [2.24, 2.45) is 0 Å². The lowest BCUT2D eigenvalue weighted by molar-refractivity contribution is -0.137. The molecule has 0 saturated carbocycles. The van der Waals surface area contributed by atoms with Gasteiger partial charge in [0.15, 0.2) is 9.84 Å². The fourth-order valence-electron chi connectivity index (χ4n) is 2.03. The minimum absolute atomic E-state index is 0.104. The van der Waals surface area contributed by atoms with Gasteiger partial charge >= 0.3 is 12.2 Å². The number of phenolic OH excluding ortho intramolecular Hbond substituents is 1. The number of phenols is 1. The maximum Gasteiger partial charge on any atom is 0.416 e. The largest absolute Gasteiger partial charge is 0.506 e. The van der Waals surface area contributed by atoms with Crippen molar-refractivity contribution in [2.45, 2.75) is 18.0 Å². The summed E-state index contributed by atoms with van der Waals surface area (Å²) in [6, 6.07) is 6.40. The predicted molar refractivity (Wildman–Crippen MR) is 89.9 cm³/mol. The number of sulfone groups is 1. The van der Waals surface area contributed by atoms with Gasteiger partial charge in [-0.05, 0) is 36.4 Å². The Morgan fingerprint density at radius 3 is 2.42 bits per heavy atom. The molecule has 26 heavy (non-hydrogen) atoms. The third kappa shape index (κ3) is 4.66. The molecule has 0 spiro atoms. The molecule has 0 saturated heterocycles. The molecule has 0 unspecified atom stereocenters. The summed E-state index contributed by atoms with van der Waals surface area (Å²) in [5.74, 6) is -0.563. The summed E-state index contributed by atoms with van der Waals surface area (Å²) in [5.41, 5.74) is -1.24. The van der Waals surface area contributed by atoms with Gasteiger partial charge in [-0.3, -0.25) is 0 Å². The second-order valence-corrected chi connectivity index (χ2v) is 7.52. The Bertz CT molecular complexity index is 927. The minimum Gasteiger partial charge on any atom is -0.506 e. The van der Waals surface area contributed by atoms with Crippen LogP contribution < -0.4 is 10.6 Å². The van der Waals surface area contributed by atoms with Crippen molar-refractivity contribution in [1.29, 1.82) is 0 Å². The van der Waals surface area contributed by atoms with Gasteiger partial charge in [-0.1, -0.05) is 13.0 Å². The first-order valence-electron chi connectivity index (χ1n) is 7.34. The van der Waals surface area contributed by atoms with Crippen LogP contribution in [0.4, 0.5) is 29.3 Å². The van der Waals surface area contributed by atoms with Gasteiger partial charge in [-0.15, -0.1) is 0 Å². The van der Waals surface area contributed by atoms with E-state index in [2.05, 4.69) is 10.6 Å². The van der Waals surface area contributed by atoms with Crippen LogP contribution in [0.25, 0.3) is 0 Å². The van der Waals surface area contributed by atoms with Crippen LogP contribution in [-0.4, -0.2) is 25.3 Å². The smallest absolute Gasteiger partial charge is 0.416 e. The number of rotatable bonds is 4. The van der Waals surface area contributed by atoms with Crippen LogP contribution in [0.2, 0.25) is 0 Å². The molecule has 0 bridgehead atoms. The number of urea groups is 1. The van der Waals surface area contributed by atoms with Gasteiger partial charge in [0.25, 0.3) is 0 Å². The van der Waals surface area contributed by atoms with E-state index < -0.39 is 27.6 Å². The summed E-state index contributed by atoms with van der Waals surface area (Å²) in [6.45, 7) is 1.44. The molecule has 0 fully saturated rings. The van der Waals surface area contributed by atoms with Gasteiger partial charge in [0.1, 0.15) is 5.75 Å². The zero-order chi connectivity index (χ0) is 19.5. The normalized spacial score (nSPS) is 11.8. The summed E-state index contributed by atoms with van der Waals surface area (Å²) in [7, 11) is -3.56. The molecule has 0 aliphatic rings. The summed E-state index contributed by atoms with van der Waals surface area (Å²) in [4.78, 5) is 11.9. The van der Waals surface area contributed by atoms with Crippen LogP contribution in [0.5, 0.6) is 5.75 Å². The molecule has 0 aromatic heterocycles. The zero-order valence-corrected chi connectivity index (χ0v) is 14.3. The van der Waals surface area contributed by atoms with E-state index >= 15 is 0 Å². The number of hydrogen-bond donors (Lipinski definition) is 3. The van der Waals surface area contributed by atoms with Crippen molar-refractivity contribution >= 4 is 27.2 Å². The molecule has 0 atom stereocenters. The number of nitrogens with one attached hydrogen (secondary N) is 2. The second kappa shape index (κ2) is 7.24. The predicted octanol–water partition coefficient (Wildman–Crippen LogP) is 3.85. The Labute approximate surface area is 147 Å². The molecule has 10 heteroatoms. The van der Waals surface area contributed by atoms with Crippen LogP contribution in [0.15, 0.2) is 47.4 Å². The third-order valence-corrected chi connectivity index (χ3v) is 5.14. The molecule has 3 N–H and O–H groups in total. The van der Waals surface area contributed by atoms with Crippen LogP contribution >= 0.6 is 0 Å². The highest BCUT2D eigenvalue weighted by atomic mass is 32.2. The van der Waals surface area contributed by atoms with Gasteiger partial charge < -0.3 is 15.7 Å². The monoisotopic (exact) mass is 388 g/mol. The van der Waals surface area contributed by atoms with Crippen LogP contribution in [0.3, 0.4) is 0 Å². The van der Waals surface area contributed by atoms with E-state index in [0.717, 1.165) is 30.3 Å². The van der Waals surface area contributed by atoms with E-state index in [-0.39, 0.29) is 27.8 Å². The number of aromatic hydroxyl groups is 1. The molecule has 0 radical (unpaired) electrons. The number of amides is 2. The lowest BCUT2D eigenvalue weighted by Crippen LogP contribution is -2.20. The number of alkyl halides is 3. The molecule has 140 valence electrons. The van der Waals surface area contributed by atoms with E-state index in [0.29, 0.717) is 0 Å². The molecule has 2 rings (SSSR count). The topological polar surface area (TPSA) is 95.5 Å². The number of anilines is 2. The van der Waals surface area contributed by atoms with Crippen molar-refractivity contribution in [3.8, 4) is 5.75 Å². The van der Waals surface area contributed by atoms with Crippen molar-refractivity contribution in [1.82, 2.24) is 0 Å². The van der Waals surface area contributed by atoms with Gasteiger partial charge in [0.2, 0.25) is 0 Å². The number of hydrogen-bond acceptors (Lipinski definition) is 4. The van der Waals surface area contributed by atoms with Gasteiger partial charge in [0.05, 0.1) is 21.9 Å². The van der Waals surface area contributed by atoms with Gasteiger partial charge in [0, 0.05) is 5.69 Å². The number of halogens is 3. The average molecular weight is 388 g/mol. The fourth-order valence-corrected chi connectivity index (χ4v) is 2.94. The lowest BCUT2D eigenvalue weighted by atomic mass is 10.2. The minimum atomic E-state index is -4.56. The molecular weight excluding hydrogens is 373 g/mol. The van der Waals surface area contributed by atoms with E-state index in [1.165, 1.54) is 19.1 Å². The summed E-state index contributed by atoms with van der Waals surface area (Å²) < 4.78 is 61.7. The number of carbonyl (C=O) groups is 1. The van der Waals surface area contributed by atoms with Gasteiger partial charge in [-0.2, -0.15) is 13.2 Å². The van der Waals surface area contributed by atoms with E-state index in [4.69, 9.17) is 0 Å². The summed E-state index contributed by atoms with van der Waals surface area (Å²) >= 11 is 0. The molecule has 2 amide bonds. The van der Waals surface area contributed by atoms with Crippen molar-refractivity contribution in [2.75, 3.05) is 16.4 Å². The van der Waals surface area contributed by atoms with Crippen LogP contribution in [-0.2, 0) is 16.0 Å². The molecule has 0 heterocycles. The van der Waals surface area contributed by atoms with Crippen LogP contribution in [0.1, 0.15) is 12.5 Å². The van der Waals surface area contributed by atoms with Gasteiger partial charge in [-0.25, -0.2) is 13.2 Å². The first-order chi connectivity index (χ1) is 12.0. The van der Waals surface area contributed by atoms with Crippen LogP contribution in [0, 0.1) is 0 Å². The first kappa shape index (κ1) is 19.6. The molecule has 2 aromatic rings. The van der Waals surface area contributed by atoms with Crippen molar-refractivity contribution in [3.05, 3.63) is 48.0 Å². The Hall–Kier alpha value is -2.75. The maximum absolute atomic E-state index is 12.7. The fraction of sp³-hybridized carbons (Fsp3) is 0.188. The highest BCUT2D eigenvalue weighted by molar-refractivity contribution is 7.91. The Balaban J connectivity index is 2.20. The highest BCUT2D eigenvalue weighted by Gasteiger charge is 2.30. The number of benzene rings is 2. The maximum atomic E-state index is 12.7. The highest BCUT2D eigenvalue weighted by Crippen LogP contribution is 2.31. The second-order valence-electron chi connectivity index (χ2n) is 5.24. The SMILES string of the molecule is CCS(=O)(=O)c1ccc(O)c(NC(=O)Nc2cccc(C(F)(F)F)c2)c1. The van der Waals surface area contributed by atoms with Crippen molar-refractivity contribution < 1.29 is 31.5 Å². The quantitative estimate of drug-likeness (QED) is 0.694. The molecule has 0 aliphatic heterocycles. The van der Waals surface area contributed by atoms with E-state index in [1.807, 2.05) is 0 Å². The number of carbonyl (C=O) groups excluding carboxylic acids is 1. The standard InChI is InChI=1S/C16H15F3N2O4S/c1-2-26(24,25)12-6-7-14(22)13(9-12)21-15(23)20-11-5-3-4-10(8-11)16(17,18)19/h3-9,22H,2H2,1H3,(H2,20,21,23). The van der Waals surface area contributed by atoms with E-state index in [1.54, 1.807) is 0 Å². The lowest BCUT2D eigenvalue weighted by Gasteiger charge is -2.12. The molecule has 0 aliphatic carbocycles. The Morgan fingerprint density at radius 2 is 1.81 bits per heavy atom. The first-order valence-corrected chi connectivity index (χ1v) is 8.99. The summed E-state index contributed by atoms with van der Waals surface area (Å²) in [6.07, 6.45) is -4.56. The Kier molecular flexibility index (Phi) is 5.45. The molecular formula is C16H15F3N2O4S.